The Morgan fingerprint density at radius 2 is 1.75 bits per heavy atom. The van der Waals surface area contributed by atoms with Crippen molar-refractivity contribution in [2.45, 2.75) is 113 Å². The number of halogens is 1. The minimum atomic E-state index is -4.72. The van der Waals surface area contributed by atoms with Gasteiger partial charge in [-0.05, 0) is 124 Å². The van der Waals surface area contributed by atoms with Crippen molar-refractivity contribution in [3.05, 3.63) is 99.6 Å². The van der Waals surface area contributed by atoms with Gasteiger partial charge in [-0.3, -0.25) is 19.8 Å². The second-order valence-electron chi connectivity index (χ2n) is 20.0. The Balaban J connectivity index is 0.869. The third kappa shape index (κ3) is 9.33. The fourth-order valence-corrected chi connectivity index (χ4v) is 12.1. The molecule has 5 heterocycles. The number of nitrogens with one attached hydrogen (secondary N) is 3. The van der Waals surface area contributed by atoms with Gasteiger partial charge in [0.25, 0.3) is 21.8 Å². The first-order valence-corrected chi connectivity index (χ1v) is 25.5. The number of carbonyl (C=O) groups is 1. The van der Waals surface area contributed by atoms with E-state index < -0.39 is 42.9 Å². The smallest absolute Gasteiger partial charge is 0.312 e. The van der Waals surface area contributed by atoms with Gasteiger partial charge in [-0.15, -0.1) is 0 Å². The second-order valence-corrected chi connectivity index (χ2v) is 21.7. The van der Waals surface area contributed by atoms with Gasteiger partial charge in [0, 0.05) is 68.8 Å². The molecule has 18 heteroatoms. The fraction of sp³-hybridized carbons (Fsp3) is 0.500. The van der Waals surface area contributed by atoms with Crippen LogP contribution in [0.5, 0.6) is 17.4 Å². The number of likely N-dealkylation sites (tertiary alicyclic amines) is 1. The second kappa shape index (κ2) is 18.2. The molecule has 360 valence electrons. The van der Waals surface area contributed by atoms with Crippen LogP contribution in [-0.2, 0) is 10.0 Å². The summed E-state index contributed by atoms with van der Waals surface area (Å²) in [4.78, 5) is 41.2. The average Bonchev–Trinajstić information content (AvgIpc) is 3.95. The Labute approximate surface area is 395 Å². The predicted molar refractivity (Wildman–Crippen MR) is 255 cm³/mol. The Morgan fingerprint density at radius 3 is 2.47 bits per heavy atom. The molecule has 2 atom stereocenters. The predicted octanol–water partition coefficient (Wildman–Crippen LogP) is 8.78. The van der Waals surface area contributed by atoms with Gasteiger partial charge in [0.15, 0.2) is 5.75 Å². The maximum atomic E-state index is 14.9. The molecule has 5 aliphatic rings. The molecule has 3 aromatic heterocycles. The average molecular weight is 951 g/mol. The molecule has 4 N–H and O–H groups in total. The summed E-state index contributed by atoms with van der Waals surface area (Å²) in [5, 5.41) is 25.6. The van der Waals surface area contributed by atoms with Crippen LogP contribution in [0.15, 0.2) is 71.9 Å². The third-order valence-corrected chi connectivity index (χ3v) is 16.5. The number of nitro groups is 1. The molecule has 3 aliphatic carbocycles. The molecular formula is C50H59FN8O8S. The van der Waals surface area contributed by atoms with Gasteiger partial charge in [-0.1, -0.05) is 30.7 Å². The van der Waals surface area contributed by atoms with Gasteiger partial charge < -0.3 is 29.8 Å². The number of nitrogens with zero attached hydrogens (tertiary/aromatic N) is 5. The molecule has 0 unspecified atom stereocenters. The number of sulfonamides is 1. The number of amides is 1. The number of benzene rings is 2. The fourth-order valence-electron chi connectivity index (χ4n) is 11.2. The number of hydrogen-bond donors (Lipinski definition) is 4. The summed E-state index contributed by atoms with van der Waals surface area (Å²) in [6.45, 7) is 7.76. The van der Waals surface area contributed by atoms with Crippen molar-refractivity contribution in [3.63, 3.8) is 0 Å². The van der Waals surface area contributed by atoms with E-state index in [0.717, 1.165) is 81.9 Å². The topological polar surface area (TPSA) is 205 Å². The zero-order valence-electron chi connectivity index (χ0n) is 38.5. The van der Waals surface area contributed by atoms with E-state index >= 15 is 0 Å². The zero-order valence-corrected chi connectivity index (χ0v) is 39.3. The number of rotatable bonds is 15. The van der Waals surface area contributed by atoms with E-state index in [2.05, 4.69) is 59.1 Å². The molecule has 2 aliphatic heterocycles. The van der Waals surface area contributed by atoms with Crippen LogP contribution in [0.3, 0.4) is 0 Å². The van der Waals surface area contributed by atoms with Gasteiger partial charge in [0.1, 0.15) is 22.1 Å². The van der Waals surface area contributed by atoms with E-state index in [4.69, 9.17) is 9.47 Å². The van der Waals surface area contributed by atoms with Crippen molar-refractivity contribution < 1.29 is 37.1 Å². The lowest BCUT2D eigenvalue weighted by Crippen LogP contribution is -2.63. The summed E-state index contributed by atoms with van der Waals surface area (Å²) < 4.78 is 56.8. The van der Waals surface area contributed by atoms with Crippen molar-refractivity contribution in [1.29, 1.82) is 0 Å². The summed E-state index contributed by atoms with van der Waals surface area (Å²) in [6, 6.07) is 16.8. The number of carbonyl (C=O) groups excluding carboxylic acids is 1. The van der Waals surface area contributed by atoms with Crippen molar-refractivity contribution in [2.24, 2.45) is 11.3 Å². The standard InChI is InChI=1S/C50H59FN8O8S/c1-3-66-48-44(25-39-40(51)28-54-45(39)55-48)67-43-23-33(57-21-19-50(20-22-57)29-58(30-50)41-10-6-9-37(41)36-8-5-4-7-35(36)32-11-12-32)13-14-38(43)47(60)56-68(64,65)34-24-42(59(62)63)46(53-27-34)52-26-31-15-17-49(2,61)18-16-31/h4-5,7-8,13-14,23-25,27-28,31-32,37,41,61H,3,6,9-12,15-22,26,29-30H2,1-2H3,(H,52,53)(H,54,55)(H,56,60)/t31-,37-,41-,49-/m1/s1. The van der Waals surface area contributed by atoms with E-state index in [1.165, 1.54) is 44.2 Å². The molecule has 5 fully saturated rings. The quantitative estimate of drug-likeness (QED) is 0.0573. The number of hydrogen-bond acceptors (Lipinski definition) is 13. The normalized spacial score (nSPS) is 23.9. The molecule has 3 saturated carbocycles. The minimum Gasteiger partial charge on any atom is -0.475 e. The highest BCUT2D eigenvalue weighted by atomic mass is 32.2. The summed E-state index contributed by atoms with van der Waals surface area (Å²) in [5.74, 6) is -0.299. The molecule has 2 saturated heterocycles. The minimum absolute atomic E-state index is 0.00514. The highest BCUT2D eigenvalue weighted by Gasteiger charge is 2.50. The lowest BCUT2D eigenvalue weighted by atomic mass is 9.70. The Kier molecular flexibility index (Phi) is 12.3. The van der Waals surface area contributed by atoms with E-state index in [1.54, 1.807) is 37.1 Å². The van der Waals surface area contributed by atoms with Crippen LogP contribution in [0.25, 0.3) is 11.0 Å². The summed E-state index contributed by atoms with van der Waals surface area (Å²) in [7, 11) is -4.72. The van der Waals surface area contributed by atoms with Crippen LogP contribution in [0.1, 0.15) is 118 Å². The number of fused-ring (bicyclic) bond motifs is 1. The number of anilines is 2. The van der Waals surface area contributed by atoms with Gasteiger partial charge in [0.2, 0.25) is 5.82 Å². The van der Waals surface area contributed by atoms with Crippen molar-refractivity contribution in [2.75, 3.05) is 49.5 Å². The Bertz CT molecular complexity index is 2830. The number of aromatic amines is 1. The lowest BCUT2D eigenvalue weighted by molar-refractivity contribution is -0.384. The van der Waals surface area contributed by atoms with Crippen molar-refractivity contribution in [3.8, 4) is 17.4 Å². The Hall–Kier alpha value is -5.85. The molecule has 5 aromatic rings. The van der Waals surface area contributed by atoms with Crippen LogP contribution in [0, 0.1) is 27.3 Å². The maximum absolute atomic E-state index is 14.9. The zero-order chi connectivity index (χ0) is 47.4. The van der Waals surface area contributed by atoms with E-state index in [1.807, 2.05) is 0 Å². The SMILES string of the molecule is CCOc1nc2[nH]cc(F)c2cc1Oc1cc(N2CCC3(CC2)CN([C@@H]2CCC[C@@H]2c2ccccc2C2CC2)C3)ccc1C(=O)NS(=O)(=O)c1cnc(NC[C@H]2CC[C@](C)(O)CC2)c([N+](=O)[O-])c1. The maximum Gasteiger partial charge on any atom is 0.312 e. The lowest BCUT2D eigenvalue weighted by Gasteiger charge is -2.57. The van der Waals surface area contributed by atoms with E-state index in [0.29, 0.717) is 31.3 Å². The molecule has 1 amide bonds. The highest BCUT2D eigenvalue weighted by Crippen LogP contribution is 2.51. The molecule has 16 nitrogen and oxygen atoms in total. The van der Waals surface area contributed by atoms with Crippen LogP contribution in [-0.4, -0.2) is 95.2 Å². The van der Waals surface area contributed by atoms with Gasteiger partial charge in [0.05, 0.1) is 34.3 Å². The van der Waals surface area contributed by atoms with Crippen LogP contribution in [0.4, 0.5) is 21.6 Å². The number of ether oxygens (including phenoxy) is 2. The Morgan fingerprint density at radius 1 is 1.00 bits per heavy atom. The molecule has 10 rings (SSSR count). The number of aromatic nitrogens is 3. The van der Waals surface area contributed by atoms with Crippen molar-refractivity contribution in [1.82, 2.24) is 24.6 Å². The molecule has 0 bridgehead atoms. The van der Waals surface area contributed by atoms with Gasteiger partial charge >= 0.3 is 5.69 Å². The summed E-state index contributed by atoms with van der Waals surface area (Å²) in [5.41, 5.74) is 2.84. The largest absolute Gasteiger partial charge is 0.475 e. The van der Waals surface area contributed by atoms with Gasteiger partial charge in [-0.25, -0.2) is 22.5 Å². The third-order valence-electron chi connectivity index (χ3n) is 15.2. The summed E-state index contributed by atoms with van der Waals surface area (Å²) >= 11 is 0. The number of pyridine rings is 2. The molecule has 1 spiro atoms. The van der Waals surface area contributed by atoms with Crippen molar-refractivity contribution >= 4 is 44.2 Å². The monoisotopic (exact) mass is 950 g/mol. The molecule has 0 radical (unpaired) electrons. The first-order valence-electron chi connectivity index (χ1n) is 24.1. The van der Waals surface area contributed by atoms with E-state index in [-0.39, 0.29) is 57.7 Å². The van der Waals surface area contributed by atoms with Crippen LogP contribution >= 0.6 is 0 Å². The van der Waals surface area contributed by atoms with Gasteiger partial charge in [-0.2, -0.15) is 4.98 Å². The van der Waals surface area contributed by atoms with E-state index in [9.17, 15) is 32.8 Å². The molecule has 2 aromatic carbocycles. The number of aliphatic hydroxyl groups is 1. The first-order chi connectivity index (χ1) is 32.7. The summed E-state index contributed by atoms with van der Waals surface area (Å²) in [6.07, 6.45) is 13.0. The highest BCUT2D eigenvalue weighted by molar-refractivity contribution is 7.90. The molecular weight excluding hydrogens is 892 g/mol. The van der Waals surface area contributed by atoms with Crippen LogP contribution in [0.2, 0.25) is 0 Å². The number of piperidine rings is 1. The first kappa shape index (κ1) is 45.9. The van der Waals surface area contributed by atoms with Crippen LogP contribution < -0.4 is 24.4 Å². The molecule has 68 heavy (non-hydrogen) atoms. The number of H-pyrrole nitrogens is 1.